The molecule has 16 heavy (non-hydrogen) atoms. The molecule has 4 nitrogen and oxygen atoms in total. The molecule has 0 aliphatic heterocycles. The number of aromatic nitrogens is 2. The molecule has 0 saturated carbocycles. The number of rotatable bonds is 4. The third-order valence-electron chi connectivity index (χ3n) is 1.81. The Morgan fingerprint density at radius 1 is 1.19 bits per heavy atom. The van der Waals surface area contributed by atoms with E-state index >= 15 is 0 Å². The summed E-state index contributed by atoms with van der Waals surface area (Å²) in [5.74, 6) is 2.97. The van der Waals surface area contributed by atoms with Crippen LogP contribution in [0.15, 0.2) is 4.42 Å². The average Bonchev–Trinajstić information content (AvgIpc) is 2.49. The van der Waals surface area contributed by atoms with Crippen molar-refractivity contribution in [1.29, 1.82) is 0 Å². The molecule has 1 rings (SSSR count). The first kappa shape index (κ1) is 13.5. The maximum absolute atomic E-state index is 5.89. The van der Waals surface area contributed by atoms with E-state index in [1.807, 2.05) is 13.8 Å². The van der Waals surface area contributed by atoms with Crippen LogP contribution in [0.1, 0.15) is 46.4 Å². The highest BCUT2D eigenvalue weighted by atomic mass is 32.2. The first-order chi connectivity index (χ1) is 7.18. The van der Waals surface area contributed by atoms with Crippen molar-refractivity contribution in [1.82, 2.24) is 10.2 Å². The molecule has 0 radical (unpaired) electrons. The van der Waals surface area contributed by atoms with Crippen LogP contribution in [0, 0.1) is 0 Å². The summed E-state index contributed by atoms with van der Waals surface area (Å²) in [6.45, 7) is 10.2. The lowest BCUT2D eigenvalue weighted by atomic mass is 9.97. The van der Waals surface area contributed by atoms with E-state index < -0.39 is 0 Å². The molecule has 1 aromatic rings. The maximum Gasteiger partial charge on any atom is 0.226 e. The van der Waals surface area contributed by atoms with E-state index in [2.05, 4.69) is 31.0 Å². The molecule has 0 unspecified atom stereocenters. The van der Waals surface area contributed by atoms with Gasteiger partial charge in [-0.3, -0.25) is 0 Å². The van der Waals surface area contributed by atoms with Crippen LogP contribution in [0.3, 0.4) is 0 Å². The lowest BCUT2D eigenvalue weighted by Gasteiger charge is -2.16. The molecule has 0 spiro atoms. The summed E-state index contributed by atoms with van der Waals surface area (Å²) in [6.07, 6.45) is 0. The minimum absolute atomic E-state index is 0.0803. The number of hydrogen-bond acceptors (Lipinski definition) is 5. The van der Waals surface area contributed by atoms with Gasteiger partial charge in [-0.1, -0.05) is 20.8 Å². The smallest absolute Gasteiger partial charge is 0.226 e. The van der Waals surface area contributed by atoms with Gasteiger partial charge in [-0.15, -0.1) is 10.2 Å². The van der Waals surface area contributed by atoms with Crippen LogP contribution in [0.25, 0.3) is 0 Å². The topological polar surface area (TPSA) is 64.9 Å². The second-order valence-electron chi connectivity index (χ2n) is 5.73. The van der Waals surface area contributed by atoms with Crippen LogP contribution in [0.2, 0.25) is 0 Å². The van der Waals surface area contributed by atoms with E-state index in [9.17, 15) is 0 Å². The van der Waals surface area contributed by atoms with Gasteiger partial charge in [0.15, 0.2) is 0 Å². The fourth-order valence-corrected chi connectivity index (χ4v) is 1.94. The number of nitrogens with two attached hydrogens (primary N) is 1. The third kappa shape index (κ3) is 4.53. The zero-order chi connectivity index (χ0) is 12.4. The van der Waals surface area contributed by atoms with Crippen molar-refractivity contribution >= 4 is 11.8 Å². The molecule has 1 heterocycles. The summed E-state index contributed by atoms with van der Waals surface area (Å²) in [5, 5.41) is 8.07. The monoisotopic (exact) mass is 243 g/mol. The van der Waals surface area contributed by atoms with Gasteiger partial charge in [0.25, 0.3) is 0 Å². The highest BCUT2D eigenvalue weighted by Gasteiger charge is 2.21. The minimum atomic E-state index is -0.155. The minimum Gasteiger partial charge on any atom is -0.424 e. The molecule has 0 atom stereocenters. The summed E-state index contributed by atoms with van der Waals surface area (Å²) in [7, 11) is 0. The van der Waals surface area contributed by atoms with Gasteiger partial charge in [0.2, 0.25) is 11.8 Å². The van der Waals surface area contributed by atoms with Gasteiger partial charge in [-0.05, 0) is 13.8 Å². The standard InChI is InChI=1S/C11H21N3OS/c1-10(2,3)9-14-13-8(15-9)6-16-7-11(4,5)12/h6-7,12H2,1-5H3. The van der Waals surface area contributed by atoms with Crippen LogP contribution in [0.4, 0.5) is 0 Å². The predicted molar refractivity (Wildman–Crippen MR) is 67.4 cm³/mol. The average molecular weight is 243 g/mol. The van der Waals surface area contributed by atoms with Gasteiger partial charge < -0.3 is 10.2 Å². The maximum atomic E-state index is 5.89. The normalized spacial score (nSPS) is 13.1. The SMILES string of the molecule is CC(C)(N)CSCc1nnc(C(C)(C)C)o1. The van der Waals surface area contributed by atoms with Crippen LogP contribution in [-0.2, 0) is 11.2 Å². The second kappa shape index (κ2) is 4.75. The van der Waals surface area contributed by atoms with Gasteiger partial charge in [0.1, 0.15) is 0 Å². The molecule has 5 heteroatoms. The van der Waals surface area contributed by atoms with Crippen molar-refractivity contribution in [3.8, 4) is 0 Å². The quantitative estimate of drug-likeness (QED) is 0.879. The Bertz CT molecular complexity index is 336. The first-order valence-electron chi connectivity index (χ1n) is 5.38. The van der Waals surface area contributed by atoms with E-state index in [0.29, 0.717) is 11.8 Å². The Morgan fingerprint density at radius 2 is 1.81 bits per heavy atom. The molecule has 0 aromatic carbocycles. The van der Waals surface area contributed by atoms with Crippen molar-refractivity contribution in [3.05, 3.63) is 11.8 Å². The Hall–Kier alpha value is -0.550. The molecule has 0 fully saturated rings. The lowest BCUT2D eigenvalue weighted by Crippen LogP contribution is -2.34. The Morgan fingerprint density at radius 3 is 2.25 bits per heavy atom. The fourth-order valence-electron chi connectivity index (χ4n) is 1.02. The first-order valence-corrected chi connectivity index (χ1v) is 6.53. The highest BCUT2D eigenvalue weighted by Crippen LogP contribution is 2.22. The van der Waals surface area contributed by atoms with Gasteiger partial charge in [0.05, 0.1) is 5.75 Å². The summed E-state index contributed by atoms with van der Waals surface area (Å²) in [5.41, 5.74) is 5.65. The molecule has 1 aromatic heterocycles. The molecular weight excluding hydrogens is 222 g/mol. The van der Waals surface area contributed by atoms with Crippen molar-refractivity contribution in [2.45, 2.75) is 51.3 Å². The van der Waals surface area contributed by atoms with E-state index in [0.717, 1.165) is 11.5 Å². The third-order valence-corrected chi connectivity index (χ3v) is 3.21. The molecular formula is C11H21N3OS. The Labute approximate surface area is 101 Å². The molecule has 0 aliphatic rings. The summed E-state index contributed by atoms with van der Waals surface area (Å²) >= 11 is 1.72. The zero-order valence-corrected chi connectivity index (χ0v) is 11.5. The fraction of sp³-hybridized carbons (Fsp3) is 0.818. The molecule has 2 N–H and O–H groups in total. The number of hydrogen-bond donors (Lipinski definition) is 1. The molecule has 0 bridgehead atoms. The van der Waals surface area contributed by atoms with E-state index in [4.69, 9.17) is 10.2 Å². The van der Waals surface area contributed by atoms with Gasteiger partial charge >= 0.3 is 0 Å². The van der Waals surface area contributed by atoms with Gasteiger partial charge in [-0.25, -0.2) is 0 Å². The lowest BCUT2D eigenvalue weighted by molar-refractivity contribution is 0.378. The Kier molecular flexibility index (Phi) is 4.02. The molecule has 0 amide bonds. The predicted octanol–water partition coefficient (Wildman–Crippen LogP) is 2.34. The van der Waals surface area contributed by atoms with E-state index in [1.165, 1.54) is 0 Å². The largest absolute Gasteiger partial charge is 0.424 e. The Balaban J connectivity index is 2.48. The second-order valence-corrected chi connectivity index (χ2v) is 6.72. The van der Waals surface area contributed by atoms with E-state index in [-0.39, 0.29) is 11.0 Å². The van der Waals surface area contributed by atoms with Crippen molar-refractivity contribution < 1.29 is 4.42 Å². The van der Waals surface area contributed by atoms with Crippen LogP contribution >= 0.6 is 11.8 Å². The van der Waals surface area contributed by atoms with E-state index in [1.54, 1.807) is 11.8 Å². The van der Waals surface area contributed by atoms with Crippen molar-refractivity contribution in [2.24, 2.45) is 5.73 Å². The van der Waals surface area contributed by atoms with Crippen LogP contribution < -0.4 is 5.73 Å². The summed E-state index contributed by atoms with van der Waals surface area (Å²) in [4.78, 5) is 0. The number of nitrogens with zero attached hydrogens (tertiary/aromatic N) is 2. The molecule has 0 saturated heterocycles. The van der Waals surface area contributed by atoms with Gasteiger partial charge in [0, 0.05) is 16.7 Å². The van der Waals surface area contributed by atoms with Crippen molar-refractivity contribution in [2.75, 3.05) is 5.75 Å². The number of thioether (sulfide) groups is 1. The van der Waals surface area contributed by atoms with Gasteiger partial charge in [-0.2, -0.15) is 11.8 Å². The zero-order valence-electron chi connectivity index (χ0n) is 10.7. The van der Waals surface area contributed by atoms with Crippen LogP contribution in [-0.4, -0.2) is 21.5 Å². The highest BCUT2D eigenvalue weighted by molar-refractivity contribution is 7.98. The molecule has 92 valence electrons. The van der Waals surface area contributed by atoms with Crippen LogP contribution in [0.5, 0.6) is 0 Å². The van der Waals surface area contributed by atoms with Crippen molar-refractivity contribution in [3.63, 3.8) is 0 Å². The molecule has 0 aliphatic carbocycles. The summed E-state index contributed by atoms with van der Waals surface area (Å²) < 4.78 is 5.58. The summed E-state index contributed by atoms with van der Waals surface area (Å²) in [6, 6.07) is 0.